The molecule has 0 spiro atoms. The molecule has 2 N–H and O–H groups in total. The minimum Gasteiger partial charge on any atom is -0.325 e. The number of nitrogens with two attached hydrogens (primary N) is 1. The second-order valence-electron chi connectivity index (χ2n) is 2.86. The lowest BCUT2D eigenvalue weighted by atomic mass is 10.2. The molecule has 0 radical (unpaired) electrons. The topological polar surface area (TPSA) is 26.0 Å². The number of benzene rings is 1. The molecule has 1 nitrogen and oxygen atoms in total. The summed E-state index contributed by atoms with van der Waals surface area (Å²) in [6.45, 7) is 1.84. The van der Waals surface area contributed by atoms with Gasteiger partial charge in [0.1, 0.15) is 5.82 Å². The summed E-state index contributed by atoms with van der Waals surface area (Å²) in [7, 11) is 0. The normalized spacial score (nSPS) is 13.5. The van der Waals surface area contributed by atoms with Crippen molar-refractivity contribution in [2.45, 2.75) is 13.0 Å². The summed E-state index contributed by atoms with van der Waals surface area (Å²) >= 11 is 3.11. The molecule has 0 bridgehead atoms. The molecule has 13 heavy (non-hydrogen) atoms. The van der Waals surface area contributed by atoms with Crippen LogP contribution >= 0.6 is 15.9 Å². The molecule has 1 rings (SSSR count). The van der Waals surface area contributed by atoms with Gasteiger partial charge in [-0.1, -0.05) is 24.3 Å². The lowest BCUT2D eigenvalue weighted by Crippen LogP contribution is -2.09. The molecule has 3 heteroatoms. The molecule has 70 valence electrons. The van der Waals surface area contributed by atoms with E-state index in [9.17, 15) is 4.39 Å². The highest BCUT2D eigenvalue weighted by Crippen LogP contribution is 2.19. The van der Waals surface area contributed by atoms with Crippen LogP contribution < -0.4 is 5.73 Å². The van der Waals surface area contributed by atoms with E-state index in [1.54, 1.807) is 30.4 Å². The molecule has 0 heterocycles. The Kier molecular flexibility index (Phi) is 3.63. The third kappa shape index (κ3) is 2.94. The number of hydrogen-bond acceptors (Lipinski definition) is 1. The highest BCUT2D eigenvalue weighted by Gasteiger charge is 2.01. The van der Waals surface area contributed by atoms with E-state index in [0.717, 1.165) is 0 Å². The van der Waals surface area contributed by atoms with Gasteiger partial charge in [0, 0.05) is 11.6 Å². The largest absolute Gasteiger partial charge is 0.325 e. The van der Waals surface area contributed by atoms with Crippen molar-refractivity contribution < 1.29 is 4.39 Å². The fourth-order valence-corrected chi connectivity index (χ4v) is 1.29. The zero-order valence-corrected chi connectivity index (χ0v) is 8.88. The minimum absolute atomic E-state index is 0.0571. The van der Waals surface area contributed by atoms with Crippen LogP contribution in [0, 0.1) is 5.82 Å². The zero-order valence-electron chi connectivity index (χ0n) is 7.30. The molecule has 0 aliphatic rings. The molecule has 1 aromatic rings. The maximum Gasteiger partial charge on any atom is 0.144 e. The number of rotatable bonds is 2. The van der Waals surface area contributed by atoms with E-state index < -0.39 is 0 Å². The molecule has 1 atom stereocenters. The quantitative estimate of drug-likeness (QED) is 0.850. The van der Waals surface area contributed by atoms with Gasteiger partial charge < -0.3 is 5.73 Å². The van der Waals surface area contributed by atoms with Gasteiger partial charge in [-0.05, 0) is 28.9 Å². The fourth-order valence-electron chi connectivity index (χ4n) is 0.905. The summed E-state index contributed by atoms with van der Waals surface area (Å²) in [5.41, 5.74) is 6.06. The number of halogens is 2. The predicted molar refractivity (Wildman–Crippen MR) is 56.8 cm³/mol. The molecule has 0 aliphatic carbocycles. The monoisotopic (exact) mass is 243 g/mol. The highest BCUT2D eigenvalue weighted by molar-refractivity contribution is 9.10. The first kappa shape index (κ1) is 10.4. The third-order valence-electron chi connectivity index (χ3n) is 1.56. The van der Waals surface area contributed by atoms with Gasteiger partial charge in [0.15, 0.2) is 0 Å². The Hall–Kier alpha value is -0.670. The summed E-state index contributed by atoms with van der Waals surface area (Å²) in [5, 5.41) is 0. The molecule has 0 amide bonds. The van der Waals surface area contributed by atoms with E-state index in [-0.39, 0.29) is 11.9 Å². The van der Waals surface area contributed by atoms with Crippen LogP contribution in [-0.2, 0) is 0 Å². The molecule has 0 fully saturated rings. The summed E-state index contributed by atoms with van der Waals surface area (Å²) in [4.78, 5) is 0. The second kappa shape index (κ2) is 4.53. The summed E-state index contributed by atoms with van der Waals surface area (Å²) in [6, 6.07) is 5.10. The van der Waals surface area contributed by atoms with Gasteiger partial charge in [-0.15, -0.1) is 0 Å². The Bertz CT molecular complexity index is 321. The molecule has 1 unspecified atom stereocenters. The third-order valence-corrected chi connectivity index (χ3v) is 2.17. The predicted octanol–water partition coefficient (Wildman–Crippen LogP) is 2.95. The molecule has 0 aliphatic heterocycles. The molecular formula is C10H11BrFN. The van der Waals surface area contributed by atoms with Gasteiger partial charge in [0.2, 0.25) is 0 Å². The number of hydrogen-bond donors (Lipinski definition) is 1. The molecular weight excluding hydrogens is 233 g/mol. The Morgan fingerprint density at radius 3 is 2.85 bits per heavy atom. The van der Waals surface area contributed by atoms with E-state index in [4.69, 9.17) is 5.73 Å². The Morgan fingerprint density at radius 2 is 2.23 bits per heavy atom. The van der Waals surface area contributed by atoms with Crippen molar-refractivity contribution in [2.24, 2.45) is 5.73 Å². The lowest BCUT2D eigenvalue weighted by molar-refractivity contribution is 0.618. The van der Waals surface area contributed by atoms with Crippen molar-refractivity contribution in [1.29, 1.82) is 0 Å². The van der Waals surface area contributed by atoms with Crippen molar-refractivity contribution >= 4 is 22.0 Å². The molecule has 0 saturated carbocycles. The zero-order chi connectivity index (χ0) is 9.84. The van der Waals surface area contributed by atoms with Gasteiger partial charge in [-0.25, -0.2) is 4.39 Å². The van der Waals surface area contributed by atoms with Gasteiger partial charge in [0.05, 0.1) is 4.47 Å². The van der Waals surface area contributed by atoms with E-state index in [1.807, 2.05) is 6.92 Å². The van der Waals surface area contributed by atoms with Crippen LogP contribution in [0.1, 0.15) is 12.5 Å². The smallest absolute Gasteiger partial charge is 0.144 e. The Balaban J connectivity index is 2.95. The summed E-state index contributed by atoms with van der Waals surface area (Å²) in [5.74, 6) is -0.251. The highest BCUT2D eigenvalue weighted by atomic mass is 79.9. The van der Waals surface area contributed by atoms with Crippen LogP contribution in [0.3, 0.4) is 0 Å². The lowest BCUT2D eigenvalue weighted by Gasteiger charge is -1.99. The minimum atomic E-state index is -0.251. The van der Waals surface area contributed by atoms with Crippen LogP contribution in [0.15, 0.2) is 28.7 Å². The average molecular weight is 244 g/mol. The molecule has 1 aromatic carbocycles. The van der Waals surface area contributed by atoms with E-state index >= 15 is 0 Å². The van der Waals surface area contributed by atoms with Crippen molar-refractivity contribution in [3.8, 4) is 0 Å². The maximum absolute atomic E-state index is 13.3. The van der Waals surface area contributed by atoms with Crippen LogP contribution in [0.4, 0.5) is 4.39 Å². The Labute approximate surface area is 85.6 Å². The van der Waals surface area contributed by atoms with Crippen LogP contribution in [0.2, 0.25) is 0 Å². The van der Waals surface area contributed by atoms with Crippen LogP contribution in [0.25, 0.3) is 6.08 Å². The van der Waals surface area contributed by atoms with E-state index in [0.29, 0.717) is 10.0 Å². The van der Waals surface area contributed by atoms with Crippen LogP contribution in [-0.4, -0.2) is 6.04 Å². The van der Waals surface area contributed by atoms with Gasteiger partial charge in [-0.3, -0.25) is 0 Å². The maximum atomic E-state index is 13.3. The Morgan fingerprint density at radius 1 is 1.54 bits per heavy atom. The van der Waals surface area contributed by atoms with E-state index in [1.165, 1.54) is 0 Å². The van der Waals surface area contributed by atoms with Gasteiger partial charge in [-0.2, -0.15) is 0 Å². The van der Waals surface area contributed by atoms with E-state index in [2.05, 4.69) is 15.9 Å². The van der Waals surface area contributed by atoms with Crippen LogP contribution in [0.5, 0.6) is 0 Å². The standard InChI is InChI=1S/C10H11BrFN/c1-7(13)5-6-8-3-2-4-9(11)10(8)12/h2-7H,13H2,1H3/b6-5+. The van der Waals surface area contributed by atoms with Gasteiger partial charge in [0.25, 0.3) is 0 Å². The summed E-state index contributed by atoms with van der Waals surface area (Å²) in [6.07, 6.45) is 3.44. The van der Waals surface area contributed by atoms with Crippen molar-refractivity contribution in [1.82, 2.24) is 0 Å². The SMILES string of the molecule is CC(N)/C=C/c1cccc(Br)c1F. The van der Waals surface area contributed by atoms with Crippen molar-refractivity contribution in [3.05, 3.63) is 40.1 Å². The summed E-state index contributed by atoms with van der Waals surface area (Å²) < 4.78 is 13.8. The first-order valence-electron chi connectivity index (χ1n) is 3.99. The average Bonchev–Trinajstić information content (AvgIpc) is 2.07. The molecule has 0 aromatic heterocycles. The van der Waals surface area contributed by atoms with Gasteiger partial charge >= 0.3 is 0 Å². The second-order valence-corrected chi connectivity index (χ2v) is 3.72. The first-order valence-corrected chi connectivity index (χ1v) is 4.78. The van der Waals surface area contributed by atoms with Crippen molar-refractivity contribution in [3.63, 3.8) is 0 Å². The van der Waals surface area contributed by atoms with Crippen molar-refractivity contribution in [2.75, 3.05) is 0 Å². The fraction of sp³-hybridized carbons (Fsp3) is 0.200. The first-order chi connectivity index (χ1) is 6.11. The molecule has 0 saturated heterocycles.